The third-order valence-electron chi connectivity index (χ3n) is 3.53. The van der Waals surface area contributed by atoms with E-state index in [0.717, 1.165) is 19.3 Å². The molecule has 0 amide bonds. The third-order valence-corrected chi connectivity index (χ3v) is 3.53. The molecule has 0 aromatic rings. The molecule has 1 N–H and O–H groups in total. The molecule has 98 valence electrons. The van der Waals surface area contributed by atoms with Crippen molar-refractivity contribution >= 4 is 0 Å². The molecule has 1 nitrogen and oxygen atoms in total. The van der Waals surface area contributed by atoms with Gasteiger partial charge in [0.25, 0.3) is 0 Å². The summed E-state index contributed by atoms with van der Waals surface area (Å²) in [7, 11) is 0. The zero-order valence-electron chi connectivity index (χ0n) is 11.7. The molecule has 1 heteroatoms. The van der Waals surface area contributed by atoms with Gasteiger partial charge in [-0.1, -0.05) is 72.1 Å². The minimum atomic E-state index is -0.270. The topological polar surface area (TPSA) is 20.2 Å². The molecular weight excluding hydrogens is 196 g/mol. The fourth-order valence-corrected chi connectivity index (χ4v) is 2.16. The molecule has 0 radical (unpaired) electrons. The van der Waals surface area contributed by atoms with Crippen LogP contribution in [0, 0.1) is 0 Å². The normalized spacial score (nSPS) is 18.8. The van der Waals surface area contributed by atoms with Crippen molar-refractivity contribution in [2.45, 2.75) is 97.0 Å². The summed E-state index contributed by atoms with van der Waals surface area (Å²) in [6, 6.07) is 0. The highest BCUT2D eigenvalue weighted by Crippen LogP contribution is 2.32. The molecule has 0 heterocycles. The van der Waals surface area contributed by atoms with Crippen LogP contribution >= 0.6 is 0 Å². The summed E-state index contributed by atoms with van der Waals surface area (Å²) >= 11 is 0. The van der Waals surface area contributed by atoms with Gasteiger partial charge in [-0.25, -0.2) is 0 Å². The second-order valence-corrected chi connectivity index (χ2v) is 5.24. The van der Waals surface area contributed by atoms with E-state index < -0.39 is 0 Å². The molecule has 1 aliphatic carbocycles. The van der Waals surface area contributed by atoms with Crippen LogP contribution in [0.4, 0.5) is 0 Å². The third kappa shape index (κ3) is 8.15. The lowest BCUT2D eigenvalue weighted by molar-refractivity contribution is -0.00577. The largest absolute Gasteiger partial charge is 0.390 e. The Morgan fingerprint density at radius 1 is 0.812 bits per heavy atom. The van der Waals surface area contributed by atoms with E-state index in [-0.39, 0.29) is 5.60 Å². The van der Waals surface area contributed by atoms with Gasteiger partial charge in [0.1, 0.15) is 0 Å². The van der Waals surface area contributed by atoms with Crippen LogP contribution in [0.1, 0.15) is 91.4 Å². The van der Waals surface area contributed by atoms with E-state index in [2.05, 4.69) is 20.8 Å². The highest BCUT2D eigenvalue weighted by molar-refractivity contribution is 4.81. The fourth-order valence-electron chi connectivity index (χ4n) is 2.16. The van der Waals surface area contributed by atoms with Gasteiger partial charge < -0.3 is 5.11 Å². The predicted octanol–water partition coefficient (Wildman–Crippen LogP) is 5.07. The molecule has 0 atom stereocenters. The van der Waals surface area contributed by atoms with Gasteiger partial charge in [-0.15, -0.1) is 0 Å². The van der Waals surface area contributed by atoms with E-state index >= 15 is 0 Å². The monoisotopic (exact) mass is 228 g/mol. The van der Waals surface area contributed by atoms with E-state index in [1.807, 2.05) is 0 Å². The first-order valence-corrected chi connectivity index (χ1v) is 7.41. The van der Waals surface area contributed by atoms with Crippen LogP contribution < -0.4 is 0 Å². The minimum Gasteiger partial charge on any atom is -0.390 e. The molecule has 0 aromatic heterocycles. The molecule has 0 saturated heterocycles. The van der Waals surface area contributed by atoms with Gasteiger partial charge in [0, 0.05) is 0 Å². The van der Waals surface area contributed by atoms with Crippen LogP contribution in [0.5, 0.6) is 0 Å². The van der Waals surface area contributed by atoms with Crippen LogP contribution in [0.2, 0.25) is 0 Å². The molecule has 1 fully saturated rings. The van der Waals surface area contributed by atoms with Crippen LogP contribution in [-0.4, -0.2) is 10.7 Å². The van der Waals surface area contributed by atoms with Gasteiger partial charge in [0.05, 0.1) is 5.60 Å². The summed E-state index contributed by atoms with van der Waals surface area (Å²) in [5.41, 5.74) is -0.270. The summed E-state index contributed by atoms with van der Waals surface area (Å²) < 4.78 is 0. The smallest absolute Gasteiger partial charge is 0.0647 e. The van der Waals surface area contributed by atoms with Crippen LogP contribution in [0.3, 0.4) is 0 Å². The van der Waals surface area contributed by atoms with Gasteiger partial charge in [0.2, 0.25) is 0 Å². The van der Waals surface area contributed by atoms with E-state index in [9.17, 15) is 5.11 Å². The van der Waals surface area contributed by atoms with E-state index in [4.69, 9.17) is 0 Å². The molecule has 0 spiro atoms. The molecule has 1 rings (SSSR count). The second kappa shape index (κ2) is 10.1. The zero-order chi connectivity index (χ0) is 12.3. The van der Waals surface area contributed by atoms with Gasteiger partial charge in [-0.2, -0.15) is 0 Å². The summed E-state index contributed by atoms with van der Waals surface area (Å²) in [4.78, 5) is 0. The maximum atomic E-state index is 10.1. The first-order valence-electron chi connectivity index (χ1n) is 7.41. The second-order valence-electron chi connectivity index (χ2n) is 5.24. The molecule has 1 aliphatic rings. The molecule has 0 aromatic carbocycles. The Balaban J connectivity index is 0.000000487. The van der Waals surface area contributed by atoms with Crippen LogP contribution in [0.25, 0.3) is 0 Å². The lowest BCUT2D eigenvalue weighted by Crippen LogP contribution is -2.30. The molecule has 16 heavy (non-hydrogen) atoms. The average molecular weight is 228 g/mol. The highest BCUT2D eigenvalue weighted by atomic mass is 16.3. The Labute approximate surface area is 103 Å². The quantitative estimate of drug-likeness (QED) is 0.651. The van der Waals surface area contributed by atoms with Crippen LogP contribution in [-0.2, 0) is 0 Å². The molecule has 0 bridgehead atoms. The van der Waals surface area contributed by atoms with Crippen molar-refractivity contribution in [1.29, 1.82) is 0 Å². The summed E-state index contributed by atoms with van der Waals surface area (Å²) in [6.45, 7) is 6.57. The molecule has 0 aliphatic heterocycles. The maximum Gasteiger partial charge on any atom is 0.0647 e. The number of unbranched alkanes of at least 4 members (excludes halogenated alkanes) is 3. The van der Waals surface area contributed by atoms with Crippen molar-refractivity contribution in [2.24, 2.45) is 0 Å². The van der Waals surface area contributed by atoms with Crippen molar-refractivity contribution in [3.05, 3.63) is 0 Å². The van der Waals surface area contributed by atoms with Gasteiger partial charge >= 0.3 is 0 Å². The van der Waals surface area contributed by atoms with Gasteiger partial charge in [-0.3, -0.25) is 0 Å². The molecule has 1 saturated carbocycles. The lowest BCUT2D eigenvalue weighted by atomic mass is 9.81. The Bertz CT molecular complexity index is 134. The number of hydrogen-bond acceptors (Lipinski definition) is 1. The Hall–Kier alpha value is -0.0400. The van der Waals surface area contributed by atoms with E-state index in [1.54, 1.807) is 0 Å². The van der Waals surface area contributed by atoms with Crippen molar-refractivity contribution in [3.8, 4) is 0 Å². The van der Waals surface area contributed by atoms with Gasteiger partial charge in [-0.05, 0) is 19.3 Å². The van der Waals surface area contributed by atoms with Crippen LogP contribution in [0.15, 0.2) is 0 Å². The Morgan fingerprint density at radius 2 is 1.38 bits per heavy atom. The highest BCUT2D eigenvalue weighted by Gasteiger charge is 2.27. The molecule has 0 unspecified atom stereocenters. The number of aliphatic hydroxyl groups is 1. The Morgan fingerprint density at radius 3 is 1.81 bits per heavy atom. The predicted molar refractivity (Wildman–Crippen MR) is 72.8 cm³/mol. The van der Waals surface area contributed by atoms with E-state index in [1.165, 1.54) is 51.4 Å². The SMILES string of the molecule is CCCC.CCCCCC1(O)CCCCC1. The van der Waals surface area contributed by atoms with Gasteiger partial charge in [0.15, 0.2) is 0 Å². The average Bonchev–Trinajstić information content (AvgIpc) is 2.31. The first kappa shape index (κ1) is 16.0. The first-order chi connectivity index (χ1) is 7.68. The summed E-state index contributed by atoms with van der Waals surface area (Å²) in [6.07, 6.45) is 13.3. The minimum absolute atomic E-state index is 0.270. The lowest BCUT2D eigenvalue weighted by Gasteiger charge is -2.32. The van der Waals surface area contributed by atoms with Crippen molar-refractivity contribution in [3.63, 3.8) is 0 Å². The standard InChI is InChI=1S/C11H22O.C4H10/c1-2-3-5-8-11(12)9-6-4-7-10-11;1-3-4-2/h12H,2-10H2,1H3;3-4H2,1-2H3. The molecular formula is C15H32O. The van der Waals surface area contributed by atoms with Crippen molar-refractivity contribution in [2.75, 3.05) is 0 Å². The van der Waals surface area contributed by atoms with Crippen molar-refractivity contribution in [1.82, 2.24) is 0 Å². The van der Waals surface area contributed by atoms with E-state index in [0.29, 0.717) is 0 Å². The Kier molecular flexibility index (Phi) is 10.1. The summed E-state index contributed by atoms with van der Waals surface area (Å²) in [5.74, 6) is 0. The number of hydrogen-bond donors (Lipinski definition) is 1. The zero-order valence-corrected chi connectivity index (χ0v) is 11.7. The fraction of sp³-hybridized carbons (Fsp3) is 1.00. The maximum absolute atomic E-state index is 10.1. The number of rotatable bonds is 5. The summed E-state index contributed by atoms with van der Waals surface area (Å²) in [5, 5.41) is 10.1. The van der Waals surface area contributed by atoms with Crippen molar-refractivity contribution < 1.29 is 5.11 Å².